The molecule has 3 nitrogen and oxygen atoms in total. The molecule has 4 heteroatoms. The fourth-order valence-corrected chi connectivity index (χ4v) is 4.73. The first kappa shape index (κ1) is 17.5. The fourth-order valence-electron chi connectivity index (χ4n) is 2.94. The minimum atomic E-state index is -3.62. The maximum atomic E-state index is 13.1. The summed E-state index contributed by atoms with van der Waals surface area (Å²) in [6.45, 7) is 11.6. The maximum absolute atomic E-state index is 13.1. The van der Waals surface area contributed by atoms with Crippen molar-refractivity contribution in [2.75, 3.05) is 4.72 Å². The van der Waals surface area contributed by atoms with Crippen molar-refractivity contribution in [1.29, 1.82) is 0 Å². The zero-order valence-electron chi connectivity index (χ0n) is 14.7. The Kier molecular flexibility index (Phi) is 4.85. The Bertz CT molecular complexity index is 826. The Morgan fingerprint density at radius 3 is 2.00 bits per heavy atom. The van der Waals surface area contributed by atoms with Crippen molar-refractivity contribution in [3.05, 3.63) is 57.6 Å². The Balaban J connectivity index is 2.63. The average molecular weight is 331 g/mol. The number of rotatable bonds is 4. The highest BCUT2D eigenvalue weighted by Gasteiger charge is 2.23. The third kappa shape index (κ3) is 3.27. The topological polar surface area (TPSA) is 46.2 Å². The molecular weight excluding hydrogens is 306 g/mol. The highest BCUT2D eigenvalue weighted by Crippen LogP contribution is 2.30. The molecule has 0 amide bonds. The van der Waals surface area contributed by atoms with E-state index in [4.69, 9.17) is 0 Å². The number of benzene rings is 2. The van der Waals surface area contributed by atoms with Crippen LogP contribution in [0.1, 0.15) is 40.3 Å². The molecular formula is C19H25NO2S. The monoisotopic (exact) mass is 331 g/mol. The minimum absolute atomic E-state index is 0.403. The number of anilines is 1. The summed E-state index contributed by atoms with van der Waals surface area (Å²) < 4.78 is 28.9. The Hall–Kier alpha value is -1.81. The average Bonchev–Trinajstić information content (AvgIpc) is 2.47. The molecule has 2 aromatic carbocycles. The first-order valence-electron chi connectivity index (χ1n) is 7.87. The number of aryl methyl sites for hydroxylation is 4. The lowest BCUT2D eigenvalue weighted by molar-refractivity contribution is 0.599. The van der Waals surface area contributed by atoms with Crippen molar-refractivity contribution in [3.63, 3.8) is 0 Å². The first-order valence-corrected chi connectivity index (χ1v) is 9.36. The molecule has 2 rings (SSSR count). The molecule has 0 atom stereocenters. The summed E-state index contributed by atoms with van der Waals surface area (Å²) in [6.07, 6.45) is 0.782. The van der Waals surface area contributed by atoms with Gasteiger partial charge in [-0.1, -0.05) is 31.2 Å². The molecule has 0 aliphatic carbocycles. The molecule has 0 aliphatic rings. The molecule has 0 aromatic heterocycles. The number of para-hydroxylation sites is 1. The Labute approximate surface area is 139 Å². The maximum Gasteiger partial charge on any atom is 0.262 e. The van der Waals surface area contributed by atoms with Gasteiger partial charge >= 0.3 is 0 Å². The van der Waals surface area contributed by atoms with Crippen molar-refractivity contribution < 1.29 is 8.42 Å². The summed E-state index contributed by atoms with van der Waals surface area (Å²) in [4.78, 5) is 0.403. The van der Waals surface area contributed by atoms with Crippen LogP contribution < -0.4 is 4.72 Å². The van der Waals surface area contributed by atoms with Gasteiger partial charge in [-0.2, -0.15) is 0 Å². The van der Waals surface area contributed by atoms with Gasteiger partial charge in [0.25, 0.3) is 10.0 Å². The Morgan fingerprint density at radius 2 is 1.48 bits per heavy atom. The number of hydrogen-bond acceptors (Lipinski definition) is 2. The van der Waals surface area contributed by atoms with Gasteiger partial charge in [-0.05, 0) is 74.4 Å². The second-order valence-corrected chi connectivity index (χ2v) is 7.78. The molecule has 0 radical (unpaired) electrons. The normalized spacial score (nSPS) is 11.6. The minimum Gasteiger partial charge on any atom is -0.279 e. The molecule has 0 heterocycles. The number of nitrogens with one attached hydrogen (secondary N) is 1. The summed E-state index contributed by atoms with van der Waals surface area (Å²) in [5.41, 5.74) is 6.26. The quantitative estimate of drug-likeness (QED) is 0.890. The van der Waals surface area contributed by atoms with Crippen LogP contribution in [-0.2, 0) is 16.4 Å². The van der Waals surface area contributed by atoms with Gasteiger partial charge in [0.15, 0.2) is 0 Å². The van der Waals surface area contributed by atoms with Gasteiger partial charge in [-0.25, -0.2) is 8.42 Å². The molecule has 0 aliphatic heterocycles. The van der Waals surface area contributed by atoms with Gasteiger partial charge in [0.2, 0.25) is 0 Å². The fraction of sp³-hybridized carbons (Fsp3) is 0.368. The van der Waals surface area contributed by atoms with E-state index in [9.17, 15) is 8.42 Å². The summed E-state index contributed by atoms with van der Waals surface area (Å²) >= 11 is 0. The lowest BCUT2D eigenvalue weighted by atomic mass is 10.0. The molecule has 0 saturated carbocycles. The molecule has 0 spiro atoms. The highest BCUT2D eigenvalue weighted by molar-refractivity contribution is 7.92. The third-order valence-corrected chi connectivity index (χ3v) is 6.17. The molecule has 23 heavy (non-hydrogen) atoms. The van der Waals surface area contributed by atoms with Gasteiger partial charge in [-0.3, -0.25) is 4.72 Å². The second kappa shape index (κ2) is 6.36. The van der Waals surface area contributed by atoms with Gasteiger partial charge in [0, 0.05) is 0 Å². The lowest BCUT2D eigenvalue weighted by Crippen LogP contribution is -2.18. The molecule has 124 valence electrons. The van der Waals surface area contributed by atoms with Gasteiger partial charge in [-0.15, -0.1) is 0 Å². The number of sulfonamides is 1. The molecule has 0 saturated heterocycles. The summed E-state index contributed by atoms with van der Waals surface area (Å²) in [5.74, 6) is 0. The zero-order chi connectivity index (χ0) is 17.4. The van der Waals surface area contributed by atoms with E-state index in [2.05, 4.69) is 4.72 Å². The second-order valence-electron chi connectivity index (χ2n) is 6.16. The van der Waals surface area contributed by atoms with E-state index in [-0.39, 0.29) is 0 Å². The van der Waals surface area contributed by atoms with Gasteiger partial charge in [0.1, 0.15) is 0 Å². The predicted octanol–water partition coefficient (Wildman–Crippen LogP) is 4.59. The van der Waals surface area contributed by atoms with E-state index in [0.29, 0.717) is 10.6 Å². The first-order chi connectivity index (χ1) is 10.7. The largest absolute Gasteiger partial charge is 0.279 e. The van der Waals surface area contributed by atoms with Crippen molar-refractivity contribution in [3.8, 4) is 0 Å². The standard InChI is InChI=1S/C19H25NO2S/c1-7-17-10-8-9-12(2)18(17)20-23(21,22)19-15(5)13(3)11-14(4)16(19)6/h8-11,20H,7H2,1-6H3. The smallest absolute Gasteiger partial charge is 0.262 e. The molecule has 0 fully saturated rings. The lowest BCUT2D eigenvalue weighted by Gasteiger charge is -2.19. The van der Waals surface area contributed by atoms with E-state index in [1.807, 2.05) is 65.8 Å². The van der Waals surface area contributed by atoms with E-state index in [1.165, 1.54) is 0 Å². The van der Waals surface area contributed by atoms with Crippen LogP contribution in [0.4, 0.5) is 5.69 Å². The van der Waals surface area contributed by atoms with Crippen LogP contribution in [0, 0.1) is 34.6 Å². The SMILES string of the molecule is CCc1cccc(C)c1NS(=O)(=O)c1c(C)c(C)cc(C)c1C. The van der Waals surface area contributed by atoms with E-state index in [0.717, 1.165) is 39.8 Å². The van der Waals surface area contributed by atoms with Crippen molar-refractivity contribution in [2.45, 2.75) is 52.9 Å². The van der Waals surface area contributed by atoms with Crippen LogP contribution in [0.2, 0.25) is 0 Å². The van der Waals surface area contributed by atoms with Crippen LogP contribution in [0.5, 0.6) is 0 Å². The van der Waals surface area contributed by atoms with Crippen molar-refractivity contribution in [1.82, 2.24) is 0 Å². The van der Waals surface area contributed by atoms with Gasteiger partial charge in [0.05, 0.1) is 10.6 Å². The van der Waals surface area contributed by atoms with Crippen LogP contribution in [-0.4, -0.2) is 8.42 Å². The summed E-state index contributed by atoms with van der Waals surface area (Å²) in [7, 11) is -3.62. The van der Waals surface area contributed by atoms with Crippen LogP contribution in [0.25, 0.3) is 0 Å². The van der Waals surface area contributed by atoms with Crippen LogP contribution >= 0.6 is 0 Å². The number of hydrogen-bond donors (Lipinski definition) is 1. The van der Waals surface area contributed by atoms with Crippen molar-refractivity contribution in [2.24, 2.45) is 0 Å². The van der Waals surface area contributed by atoms with Crippen LogP contribution in [0.3, 0.4) is 0 Å². The summed E-state index contributed by atoms with van der Waals surface area (Å²) in [6, 6.07) is 7.89. The third-order valence-electron chi connectivity index (χ3n) is 4.54. The molecule has 1 N–H and O–H groups in total. The van der Waals surface area contributed by atoms with Gasteiger partial charge < -0.3 is 0 Å². The Morgan fingerprint density at radius 1 is 0.913 bits per heavy atom. The van der Waals surface area contributed by atoms with Crippen LogP contribution in [0.15, 0.2) is 29.2 Å². The molecule has 2 aromatic rings. The van der Waals surface area contributed by atoms with E-state index >= 15 is 0 Å². The molecule has 0 unspecified atom stereocenters. The van der Waals surface area contributed by atoms with E-state index < -0.39 is 10.0 Å². The van der Waals surface area contributed by atoms with Crippen molar-refractivity contribution >= 4 is 15.7 Å². The van der Waals surface area contributed by atoms with E-state index in [1.54, 1.807) is 0 Å². The molecule has 0 bridgehead atoms. The highest BCUT2D eigenvalue weighted by atomic mass is 32.2. The summed E-state index contributed by atoms with van der Waals surface area (Å²) in [5, 5.41) is 0. The predicted molar refractivity (Wildman–Crippen MR) is 96.8 cm³/mol. The zero-order valence-corrected chi connectivity index (χ0v) is 15.6.